The number of benzene rings is 3. The highest BCUT2D eigenvalue weighted by atomic mass is 16.5. The van der Waals surface area contributed by atoms with Crippen LogP contribution in [0.25, 0.3) is 21.8 Å². The zero-order valence-corrected chi connectivity index (χ0v) is 17.6. The molecule has 0 bridgehead atoms. The molecule has 32 heavy (non-hydrogen) atoms. The summed E-state index contributed by atoms with van der Waals surface area (Å²) in [7, 11) is 0. The van der Waals surface area contributed by atoms with Crippen molar-refractivity contribution in [1.29, 1.82) is 0 Å². The van der Waals surface area contributed by atoms with Gasteiger partial charge in [0.1, 0.15) is 12.4 Å². The molecule has 0 radical (unpaired) electrons. The average Bonchev–Trinajstić information content (AvgIpc) is 3.13. The quantitative estimate of drug-likeness (QED) is 0.512. The first-order valence-corrected chi connectivity index (χ1v) is 10.8. The lowest BCUT2D eigenvalue weighted by Gasteiger charge is -2.21. The highest BCUT2D eigenvalue weighted by Crippen LogP contribution is 2.43. The number of amides is 1. The van der Waals surface area contributed by atoms with Crippen LogP contribution in [0.4, 0.5) is 0 Å². The summed E-state index contributed by atoms with van der Waals surface area (Å²) in [6, 6.07) is 17.6. The minimum Gasteiger partial charge on any atom is -0.546 e. The van der Waals surface area contributed by atoms with Gasteiger partial charge in [0.25, 0.3) is 0 Å². The van der Waals surface area contributed by atoms with Crippen molar-refractivity contribution in [3.63, 3.8) is 0 Å². The maximum absolute atomic E-state index is 12.4. The van der Waals surface area contributed by atoms with E-state index in [0.717, 1.165) is 53.2 Å². The third kappa shape index (κ3) is 3.38. The van der Waals surface area contributed by atoms with Gasteiger partial charge in [-0.2, -0.15) is 0 Å². The fraction of sp³-hybridized carbons (Fsp3) is 0.231. The van der Waals surface area contributed by atoms with Crippen LogP contribution in [0.1, 0.15) is 39.9 Å². The number of aryl methyl sites for hydroxylation is 2. The lowest BCUT2D eigenvalue weighted by molar-refractivity contribution is -0.307. The number of aromatic nitrogens is 1. The van der Waals surface area contributed by atoms with E-state index in [1.54, 1.807) is 6.07 Å². The number of hydrogen-bond donors (Lipinski definition) is 1. The molecule has 1 aliphatic rings. The van der Waals surface area contributed by atoms with Crippen LogP contribution >= 0.6 is 0 Å². The number of carbonyl (C=O) groups is 2. The summed E-state index contributed by atoms with van der Waals surface area (Å²) in [5.74, 6) is -1.37. The van der Waals surface area contributed by atoms with Crippen LogP contribution in [-0.4, -0.2) is 23.1 Å². The molecule has 3 aromatic carbocycles. The first kappa shape index (κ1) is 20.1. The fourth-order valence-corrected chi connectivity index (χ4v) is 4.93. The third-order valence-electron chi connectivity index (χ3n) is 6.23. The van der Waals surface area contributed by atoms with Crippen molar-refractivity contribution in [1.82, 2.24) is 4.57 Å². The molecule has 0 fully saturated rings. The van der Waals surface area contributed by atoms with E-state index in [4.69, 9.17) is 10.5 Å². The number of primary amides is 1. The molecule has 2 N–H and O–H groups in total. The van der Waals surface area contributed by atoms with Crippen molar-refractivity contribution in [3.05, 3.63) is 76.9 Å². The number of aliphatic carboxylic acids is 1. The Balaban J connectivity index is 1.90. The van der Waals surface area contributed by atoms with E-state index in [2.05, 4.69) is 16.7 Å². The standard InChI is InChI=1S/C26H24N2O4/c27-26(31)19-11-6-12-20-23(19)24-21(32-15-22(29)30)13-17-9-4-5-10-18(17)25(24)28(20)14-16-7-2-1-3-8-16/h1-3,6-8,11-13H,4-5,9-10,14-15H2,(H2,27,31)(H,29,30)/p-1. The van der Waals surface area contributed by atoms with Crippen LogP contribution in [0.5, 0.6) is 5.75 Å². The Bertz CT molecular complexity index is 1360. The van der Waals surface area contributed by atoms with Crippen molar-refractivity contribution in [2.45, 2.75) is 32.2 Å². The minimum atomic E-state index is -1.29. The van der Waals surface area contributed by atoms with E-state index in [0.29, 0.717) is 23.2 Å². The first-order valence-electron chi connectivity index (χ1n) is 10.8. The summed E-state index contributed by atoms with van der Waals surface area (Å²) < 4.78 is 7.94. The molecule has 6 heteroatoms. The largest absolute Gasteiger partial charge is 0.546 e. The highest BCUT2D eigenvalue weighted by molar-refractivity contribution is 6.20. The van der Waals surface area contributed by atoms with E-state index in [1.165, 1.54) is 5.56 Å². The van der Waals surface area contributed by atoms with Gasteiger partial charge in [-0.3, -0.25) is 4.79 Å². The lowest BCUT2D eigenvalue weighted by Crippen LogP contribution is -2.29. The number of nitrogens with two attached hydrogens (primary N) is 1. The molecule has 0 saturated heterocycles. The SMILES string of the molecule is NC(=O)c1cccc2c1c1c(OCC(=O)[O-])cc3c(c1n2Cc1ccccc1)CCCC3. The molecule has 0 spiro atoms. The Morgan fingerprint density at radius 1 is 1.00 bits per heavy atom. The average molecular weight is 427 g/mol. The highest BCUT2D eigenvalue weighted by Gasteiger charge is 2.25. The van der Waals surface area contributed by atoms with Gasteiger partial charge in [0.2, 0.25) is 5.91 Å². The summed E-state index contributed by atoms with van der Waals surface area (Å²) in [5, 5.41) is 12.6. The molecule has 0 unspecified atom stereocenters. The molecule has 0 atom stereocenters. The summed E-state index contributed by atoms with van der Waals surface area (Å²) in [6.07, 6.45) is 3.98. The molecule has 4 aromatic rings. The zero-order valence-electron chi connectivity index (χ0n) is 17.6. The number of carboxylic acid groups (broad SMARTS) is 1. The number of ether oxygens (including phenoxy) is 1. The topological polar surface area (TPSA) is 97.4 Å². The van der Waals surface area contributed by atoms with Gasteiger partial charge in [0.15, 0.2) is 0 Å². The van der Waals surface area contributed by atoms with Crippen molar-refractivity contribution in [2.24, 2.45) is 5.73 Å². The third-order valence-corrected chi connectivity index (χ3v) is 6.23. The predicted molar refractivity (Wildman–Crippen MR) is 121 cm³/mol. The molecule has 1 aromatic heterocycles. The maximum Gasteiger partial charge on any atom is 0.249 e. The number of carboxylic acids is 1. The van der Waals surface area contributed by atoms with Gasteiger partial charge in [-0.1, -0.05) is 36.4 Å². The number of nitrogens with zero attached hydrogens (tertiary/aromatic N) is 1. The molecule has 1 amide bonds. The second-order valence-electron chi connectivity index (χ2n) is 8.24. The van der Waals surface area contributed by atoms with Crippen LogP contribution < -0.4 is 15.6 Å². The normalized spacial score (nSPS) is 13.2. The van der Waals surface area contributed by atoms with E-state index >= 15 is 0 Å². The smallest absolute Gasteiger partial charge is 0.249 e. The molecule has 6 nitrogen and oxygen atoms in total. The van der Waals surface area contributed by atoms with Crippen molar-refractivity contribution in [2.75, 3.05) is 6.61 Å². The molecule has 1 aliphatic carbocycles. The Hall–Kier alpha value is -3.80. The van der Waals surface area contributed by atoms with Crippen molar-refractivity contribution < 1.29 is 19.4 Å². The first-order chi connectivity index (χ1) is 15.5. The van der Waals surface area contributed by atoms with E-state index in [-0.39, 0.29) is 0 Å². The second-order valence-corrected chi connectivity index (χ2v) is 8.24. The molecule has 0 saturated carbocycles. The molecule has 1 heterocycles. The number of hydrogen-bond acceptors (Lipinski definition) is 4. The number of fused-ring (bicyclic) bond motifs is 5. The van der Waals surface area contributed by atoms with Crippen LogP contribution in [0.15, 0.2) is 54.6 Å². The van der Waals surface area contributed by atoms with Crippen molar-refractivity contribution in [3.8, 4) is 5.75 Å². The molecular formula is C26H23N2O4-. The summed E-state index contributed by atoms with van der Waals surface area (Å²) in [6.45, 7) is 0.0530. The second kappa shape index (κ2) is 8.04. The van der Waals surface area contributed by atoms with Gasteiger partial charge in [-0.05, 0) is 60.6 Å². The molecular weight excluding hydrogens is 404 g/mol. The zero-order chi connectivity index (χ0) is 22.2. The van der Waals surface area contributed by atoms with Crippen molar-refractivity contribution >= 4 is 33.7 Å². The number of carbonyl (C=O) groups excluding carboxylic acids is 2. The summed E-state index contributed by atoms with van der Waals surface area (Å²) >= 11 is 0. The van der Waals surface area contributed by atoms with Gasteiger partial charge >= 0.3 is 0 Å². The minimum absolute atomic E-state index is 0.397. The van der Waals surface area contributed by atoms with E-state index in [9.17, 15) is 14.7 Å². The van der Waals surface area contributed by atoms with Gasteiger partial charge in [-0.25, -0.2) is 0 Å². The van der Waals surface area contributed by atoms with Crippen LogP contribution in [-0.2, 0) is 24.2 Å². The molecule has 0 aliphatic heterocycles. The van der Waals surface area contributed by atoms with E-state index < -0.39 is 18.5 Å². The monoisotopic (exact) mass is 427 g/mol. The maximum atomic E-state index is 12.4. The van der Waals surface area contributed by atoms with Crippen LogP contribution in [0.3, 0.4) is 0 Å². The van der Waals surface area contributed by atoms with Crippen LogP contribution in [0.2, 0.25) is 0 Å². The molecule has 162 valence electrons. The fourth-order valence-electron chi connectivity index (χ4n) is 4.93. The number of rotatable bonds is 6. The van der Waals surface area contributed by atoms with Crippen LogP contribution in [0, 0.1) is 0 Å². The van der Waals surface area contributed by atoms with Gasteiger partial charge in [-0.15, -0.1) is 0 Å². The summed E-state index contributed by atoms with van der Waals surface area (Å²) in [5.41, 5.74) is 11.5. The van der Waals surface area contributed by atoms with Gasteiger partial charge in [0, 0.05) is 17.5 Å². The Kier molecular flexibility index (Phi) is 5.05. The lowest BCUT2D eigenvalue weighted by atomic mass is 9.89. The van der Waals surface area contributed by atoms with Gasteiger partial charge in [0.05, 0.1) is 22.4 Å². The Morgan fingerprint density at radius 2 is 1.78 bits per heavy atom. The van der Waals surface area contributed by atoms with Gasteiger partial charge < -0.3 is 24.9 Å². The predicted octanol–water partition coefficient (Wildman–Crippen LogP) is 2.95. The Morgan fingerprint density at radius 3 is 2.53 bits per heavy atom. The Labute approximate surface area is 185 Å². The summed E-state index contributed by atoms with van der Waals surface area (Å²) in [4.78, 5) is 23.5. The molecule has 5 rings (SSSR count). The van der Waals surface area contributed by atoms with E-state index in [1.807, 2.05) is 36.4 Å².